The third-order valence-electron chi connectivity index (χ3n) is 7.12. The molecule has 0 spiro atoms. The van der Waals surface area contributed by atoms with E-state index in [1.165, 1.54) is 18.9 Å². The monoisotopic (exact) mass is 550 g/mol. The van der Waals surface area contributed by atoms with Crippen LogP contribution < -0.4 is 15.8 Å². The number of pyridine rings is 1. The van der Waals surface area contributed by atoms with Crippen molar-refractivity contribution in [3.05, 3.63) is 69.3 Å². The summed E-state index contributed by atoms with van der Waals surface area (Å²) in [5.41, 5.74) is -1.30. The highest BCUT2D eigenvalue weighted by Crippen LogP contribution is 2.35. The summed E-state index contributed by atoms with van der Waals surface area (Å²) in [7, 11) is 1.38. The van der Waals surface area contributed by atoms with Crippen molar-refractivity contribution in [1.29, 1.82) is 0 Å². The van der Waals surface area contributed by atoms with E-state index in [4.69, 9.17) is 4.74 Å². The second-order valence-corrected chi connectivity index (χ2v) is 9.87. The maximum atomic E-state index is 16.3. The van der Waals surface area contributed by atoms with Gasteiger partial charge in [-0.1, -0.05) is 0 Å². The molecule has 5 rings (SSSR count). The van der Waals surface area contributed by atoms with Crippen molar-refractivity contribution < 1.29 is 31.5 Å². The van der Waals surface area contributed by atoms with Gasteiger partial charge in [0.1, 0.15) is 23.6 Å². The van der Waals surface area contributed by atoms with E-state index in [2.05, 4.69) is 5.32 Å². The van der Waals surface area contributed by atoms with Crippen LogP contribution in [0.25, 0.3) is 10.8 Å². The fraction of sp³-hybridized carbons (Fsp3) is 0.407. The van der Waals surface area contributed by atoms with Gasteiger partial charge in [-0.2, -0.15) is 0 Å². The average molecular weight is 551 g/mol. The van der Waals surface area contributed by atoms with E-state index in [1.807, 2.05) is 0 Å². The highest BCUT2D eigenvalue weighted by atomic mass is 19.3. The molecule has 1 saturated heterocycles. The van der Waals surface area contributed by atoms with Gasteiger partial charge >= 0.3 is 6.09 Å². The van der Waals surface area contributed by atoms with Crippen molar-refractivity contribution in [2.24, 2.45) is 7.05 Å². The van der Waals surface area contributed by atoms with Gasteiger partial charge in [-0.25, -0.2) is 26.7 Å². The maximum absolute atomic E-state index is 16.3. The van der Waals surface area contributed by atoms with Crippen LogP contribution in [0.15, 0.2) is 35.1 Å². The number of nitrogens with zero attached hydrogens (tertiary/aromatic N) is 3. The topological polar surface area (TPSA) is 66.8 Å². The normalized spacial score (nSPS) is 16.6. The van der Waals surface area contributed by atoms with Gasteiger partial charge in [0.25, 0.3) is 12.0 Å². The van der Waals surface area contributed by atoms with Crippen molar-refractivity contribution in [3.8, 4) is 0 Å². The first-order valence-corrected chi connectivity index (χ1v) is 12.6. The zero-order chi connectivity index (χ0) is 28.0. The first-order valence-electron chi connectivity index (χ1n) is 12.6. The number of hydrogen-bond acceptors (Lipinski definition) is 5. The second kappa shape index (κ2) is 10.4. The van der Waals surface area contributed by atoms with Crippen LogP contribution in [0, 0.1) is 17.5 Å². The van der Waals surface area contributed by atoms with Crippen LogP contribution in [0.3, 0.4) is 0 Å². The number of carbonyl (C=O) groups is 1. The fourth-order valence-electron chi connectivity index (χ4n) is 4.93. The smallest absolute Gasteiger partial charge is 0.410 e. The molecule has 1 N–H and O–H groups in total. The minimum atomic E-state index is -2.99. The molecule has 2 fully saturated rings. The summed E-state index contributed by atoms with van der Waals surface area (Å²) in [5.74, 6) is -2.46. The number of ether oxygens (including phenoxy) is 1. The Labute approximate surface area is 220 Å². The molecule has 39 heavy (non-hydrogen) atoms. The number of nitrogens with one attached hydrogen (secondary N) is 1. The Balaban J connectivity index is 1.51. The minimum Gasteiger partial charge on any atom is -0.446 e. The number of carbonyl (C=O) groups excluding carboxylic acids is 1. The largest absolute Gasteiger partial charge is 0.446 e. The Morgan fingerprint density at radius 1 is 1.00 bits per heavy atom. The van der Waals surface area contributed by atoms with E-state index in [9.17, 15) is 27.2 Å². The van der Waals surface area contributed by atoms with Crippen molar-refractivity contribution in [1.82, 2.24) is 9.47 Å². The quantitative estimate of drug-likeness (QED) is 0.412. The van der Waals surface area contributed by atoms with Crippen LogP contribution in [0.2, 0.25) is 0 Å². The molecule has 12 heteroatoms. The van der Waals surface area contributed by atoms with E-state index < -0.39 is 47.1 Å². The molecule has 1 amide bonds. The summed E-state index contributed by atoms with van der Waals surface area (Å²) in [4.78, 5) is 28.7. The standard InChI is InChI=1S/C27H27F5N4O3/c1-14(33-21-6-3-15(28)11-19(21)24(31)32)18-12-16(29)13-20-22(18)23(30)25(34(2)26(20)37)35-7-9-36(10-8-35)27(38)39-17-4-5-17/h3,6,11-14,17,24,33H,4-5,7-10H2,1-2H3/t14-/m1/s1. The molecule has 1 aromatic heterocycles. The first-order chi connectivity index (χ1) is 18.5. The van der Waals surface area contributed by atoms with Gasteiger partial charge in [0, 0.05) is 55.9 Å². The van der Waals surface area contributed by atoms with Gasteiger partial charge in [-0.3, -0.25) is 9.36 Å². The third-order valence-corrected chi connectivity index (χ3v) is 7.12. The van der Waals surface area contributed by atoms with Gasteiger partial charge in [0.2, 0.25) is 0 Å². The molecular formula is C27H27F5N4O3. The van der Waals surface area contributed by atoms with E-state index in [0.717, 1.165) is 41.7 Å². The van der Waals surface area contributed by atoms with Gasteiger partial charge in [-0.05, 0) is 55.7 Å². The molecular weight excluding hydrogens is 523 g/mol. The molecule has 208 valence electrons. The summed E-state index contributed by atoms with van der Waals surface area (Å²) in [6.45, 7) is 2.48. The number of anilines is 2. The summed E-state index contributed by atoms with van der Waals surface area (Å²) >= 11 is 0. The Morgan fingerprint density at radius 2 is 1.67 bits per heavy atom. The number of hydrogen-bond donors (Lipinski definition) is 1. The average Bonchev–Trinajstić information content (AvgIpc) is 3.72. The van der Waals surface area contributed by atoms with Crippen molar-refractivity contribution in [2.45, 2.75) is 38.3 Å². The predicted octanol–water partition coefficient (Wildman–Crippen LogP) is 5.49. The van der Waals surface area contributed by atoms with Crippen LogP contribution in [0.4, 0.5) is 38.3 Å². The number of benzene rings is 2. The Bertz CT molecular complexity index is 1480. The zero-order valence-electron chi connectivity index (χ0n) is 21.3. The number of fused-ring (bicyclic) bond motifs is 1. The Kier molecular flexibility index (Phi) is 7.13. The lowest BCUT2D eigenvalue weighted by molar-refractivity contribution is 0.0937. The van der Waals surface area contributed by atoms with E-state index >= 15 is 4.39 Å². The molecule has 7 nitrogen and oxygen atoms in total. The van der Waals surface area contributed by atoms with Crippen LogP contribution in [-0.4, -0.2) is 47.8 Å². The van der Waals surface area contributed by atoms with Crippen LogP contribution in [-0.2, 0) is 11.8 Å². The number of amides is 1. The summed E-state index contributed by atoms with van der Waals surface area (Å²) in [6.07, 6.45) is -1.77. The lowest BCUT2D eigenvalue weighted by Gasteiger charge is -2.36. The lowest BCUT2D eigenvalue weighted by atomic mass is 9.98. The molecule has 0 radical (unpaired) electrons. The van der Waals surface area contributed by atoms with Crippen LogP contribution in [0.5, 0.6) is 0 Å². The molecule has 1 aliphatic heterocycles. The number of aromatic nitrogens is 1. The molecule has 3 aromatic rings. The van der Waals surface area contributed by atoms with Crippen molar-refractivity contribution in [3.63, 3.8) is 0 Å². The molecule has 1 aliphatic carbocycles. The molecule has 0 bridgehead atoms. The van der Waals surface area contributed by atoms with Crippen LogP contribution in [0.1, 0.15) is 43.4 Å². The van der Waals surface area contributed by atoms with Crippen LogP contribution >= 0.6 is 0 Å². The molecule has 2 aliphatic rings. The van der Waals surface area contributed by atoms with Gasteiger partial charge in [-0.15, -0.1) is 0 Å². The molecule has 1 saturated carbocycles. The second-order valence-electron chi connectivity index (χ2n) is 9.87. The summed E-state index contributed by atoms with van der Waals surface area (Å²) in [5, 5.41) is 2.44. The number of halogens is 5. The van der Waals surface area contributed by atoms with E-state index in [0.29, 0.717) is 6.07 Å². The number of rotatable bonds is 6. The molecule has 2 aromatic carbocycles. The Morgan fingerprint density at radius 3 is 2.31 bits per heavy atom. The molecule has 0 unspecified atom stereocenters. The van der Waals surface area contributed by atoms with Crippen molar-refractivity contribution >= 4 is 28.4 Å². The highest BCUT2D eigenvalue weighted by Gasteiger charge is 2.32. The van der Waals surface area contributed by atoms with E-state index in [1.54, 1.807) is 4.90 Å². The summed E-state index contributed by atoms with van der Waals surface area (Å²) < 4.78 is 78.0. The number of piperazine rings is 1. The SMILES string of the molecule is C[C@@H](Nc1ccc(F)cc1C(F)F)c1cc(F)cc2c(=O)n(C)c(N3CCN(C(=O)OC4CC4)CC3)c(F)c12. The zero-order valence-corrected chi connectivity index (χ0v) is 21.3. The fourth-order valence-corrected chi connectivity index (χ4v) is 4.93. The molecule has 2 heterocycles. The first kappa shape index (κ1) is 26.8. The number of alkyl halides is 2. The maximum Gasteiger partial charge on any atom is 0.410 e. The van der Waals surface area contributed by atoms with Gasteiger partial charge < -0.3 is 19.9 Å². The van der Waals surface area contributed by atoms with Gasteiger partial charge in [0.15, 0.2) is 5.82 Å². The summed E-state index contributed by atoms with van der Waals surface area (Å²) in [6, 6.07) is 3.87. The lowest BCUT2D eigenvalue weighted by Crippen LogP contribution is -2.50. The van der Waals surface area contributed by atoms with Crippen molar-refractivity contribution in [2.75, 3.05) is 36.4 Å². The Hall–Kier alpha value is -3.83. The van der Waals surface area contributed by atoms with Gasteiger partial charge in [0.05, 0.1) is 5.39 Å². The minimum absolute atomic E-state index is 0.0298. The predicted molar refractivity (Wildman–Crippen MR) is 136 cm³/mol. The third kappa shape index (κ3) is 5.24. The van der Waals surface area contributed by atoms with E-state index in [-0.39, 0.29) is 60.1 Å². The molecule has 1 atom stereocenters. The highest BCUT2D eigenvalue weighted by molar-refractivity contribution is 5.89.